The monoisotopic (exact) mass is 328 g/mol. The summed E-state index contributed by atoms with van der Waals surface area (Å²) in [6.07, 6.45) is -1.31. The molecule has 0 heterocycles. The SMILES string of the molecule is CC(NC(=O)N[C@@H]1CC2CC1C2)c1cccc(OC(F)(F)F)c1. The Kier molecular flexibility index (Phi) is 4.12. The maximum absolute atomic E-state index is 12.3. The second kappa shape index (κ2) is 5.94. The zero-order chi connectivity index (χ0) is 16.6. The molecule has 2 atom stereocenters. The Balaban J connectivity index is 1.55. The van der Waals surface area contributed by atoms with E-state index in [0.29, 0.717) is 11.5 Å². The van der Waals surface area contributed by atoms with Gasteiger partial charge in [-0.05, 0) is 55.7 Å². The largest absolute Gasteiger partial charge is 0.573 e. The predicted octanol–water partition coefficient (Wildman–Crippen LogP) is 3.74. The summed E-state index contributed by atoms with van der Waals surface area (Å²) in [5.41, 5.74) is 0.553. The fourth-order valence-electron chi connectivity index (χ4n) is 3.51. The third kappa shape index (κ3) is 3.89. The van der Waals surface area contributed by atoms with Gasteiger partial charge in [0.25, 0.3) is 0 Å². The fourth-order valence-corrected chi connectivity index (χ4v) is 3.51. The molecular weight excluding hydrogens is 309 g/mol. The zero-order valence-corrected chi connectivity index (χ0v) is 12.7. The van der Waals surface area contributed by atoms with Crippen molar-refractivity contribution >= 4 is 6.03 Å². The predicted molar refractivity (Wildman–Crippen MR) is 77.8 cm³/mol. The summed E-state index contributed by atoms with van der Waals surface area (Å²) < 4.78 is 40.6. The molecule has 1 unspecified atom stereocenters. The highest BCUT2D eigenvalue weighted by molar-refractivity contribution is 5.75. The van der Waals surface area contributed by atoms with E-state index < -0.39 is 12.4 Å². The lowest BCUT2D eigenvalue weighted by Gasteiger charge is -2.25. The van der Waals surface area contributed by atoms with E-state index in [1.165, 1.54) is 31.0 Å². The van der Waals surface area contributed by atoms with Gasteiger partial charge in [-0.2, -0.15) is 0 Å². The molecule has 2 N–H and O–H groups in total. The Bertz CT molecular complexity index is 585. The van der Waals surface area contributed by atoms with Gasteiger partial charge in [0.05, 0.1) is 6.04 Å². The molecule has 7 heteroatoms. The summed E-state index contributed by atoms with van der Waals surface area (Å²) in [6, 6.07) is 5.17. The number of hydrogen-bond donors (Lipinski definition) is 2. The third-order valence-electron chi connectivity index (χ3n) is 4.68. The van der Waals surface area contributed by atoms with Gasteiger partial charge in [-0.3, -0.25) is 0 Å². The third-order valence-corrected chi connectivity index (χ3v) is 4.68. The van der Waals surface area contributed by atoms with Crippen molar-refractivity contribution in [3.05, 3.63) is 29.8 Å². The molecule has 1 aromatic carbocycles. The van der Waals surface area contributed by atoms with Crippen LogP contribution in [-0.4, -0.2) is 18.4 Å². The van der Waals surface area contributed by atoms with E-state index in [4.69, 9.17) is 0 Å². The van der Waals surface area contributed by atoms with E-state index in [9.17, 15) is 18.0 Å². The molecule has 126 valence electrons. The van der Waals surface area contributed by atoms with Crippen LogP contribution in [-0.2, 0) is 0 Å². The summed E-state index contributed by atoms with van der Waals surface area (Å²) in [5.74, 6) is 1.05. The topological polar surface area (TPSA) is 50.4 Å². The van der Waals surface area contributed by atoms with Crippen LogP contribution in [0, 0.1) is 11.8 Å². The van der Waals surface area contributed by atoms with E-state index in [1.54, 1.807) is 13.0 Å². The van der Waals surface area contributed by atoms with Crippen molar-refractivity contribution in [2.45, 2.75) is 44.6 Å². The number of rotatable bonds is 4. The lowest BCUT2D eigenvalue weighted by atomic mass is 9.84. The van der Waals surface area contributed by atoms with Crippen LogP contribution >= 0.6 is 0 Å². The highest BCUT2D eigenvalue weighted by Crippen LogP contribution is 2.48. The van der Waals surface area contributed by atoms with Crippen LogP contribution in [0.2, 0.25) is 0 Å². The molecule has 1 aromatic rings. The summed E-state index contributed by atoms with van der Waals surface area (Å²) in [6.45, 7) is 1.72. The van der Waals surface area contributed by atoms with Crippen molar-refractivity contribution in [3.63, 3.8) is 0 Å². The fraction of sp³-hybridized carbons (Fsp3) is 0.562. The molecule has 2 bridgehead atoms. The molecule has 0 radical (unpaired) electrons. The van der Waals surface area contributed by atoms with Crippen LogP contribution in [0.3, 0.4) is 0 Å². The number of carbonyl (C=O) groups excluding carboxylic acids is 1. The number of hydrogen-bond acceptors (Lipinski definition) is 2. The van der Waals surface area contributed by atoms with Gasteiger partial charge >= 0.3 is 12.4 Å². The molecule has 0 aliphatic heterocycles. The minimum Gasteiger partial charge on any atom is -0.406 e. The number of benzene rings is 1. The lowest BCUT2D eigenvalue weighted by molar-refractivity contribution is -0.274. The van der Waals surface area contributed by atoms with Gasteiger partial charge in [-0.1, -0.05) is 12.1 Å². The number of halogens is 3. The second-order valence-corrected chi connectivity index (χ2v) is 6.40. The van der Waals surface area contributed by atoms with Gasteiger partial charge in [0.1, 0.15) is 5.75 Å². The molecule has 3 aliphatic carbocycles. The second-order valence-electron chi connectivity index (χ2n) is 6.40. The van der Waals surface area contributed by atoms with Crippen molar-refractivity contribution in [1.82, 2.24) is 10.6 Å². The van der Waals surface area contributed by atoms with Crippen molar-refractivity contribution in [3.8, 4) is 5.75 Å². The summed E-state index contributed by atoms with van der Waals surface area (Å²) >= 11 is 0. The Morgan fingerprint density at radius 2 is 2.04 bits per heavy atom. The number of alkyl halides is 3. The average molecular weight is 328 g/mol. The summed E-state index contributed by atoms with van der Waals surface area (Å²) in [7, 11) is 0. The molecule has 0 spiro atoms. The molecule has 0 aromatic heterocycles. The first-order chi connectivity index (χ1) is 10.8. The summed E-state index contributed by atoms with van der Waals surface area (Å²) in [5, 5.41) is 5.73. The normalized spacial score (nSPS) is 27.0. The Morgan fingerprint density at radius 3 is 2.65 bits per heavy atom. The smallest absolute Gasteiger partial charge is 0.406 e. The Labute approximate surface area is 132 Å². The van der Waals surface area contributed by atoms with Gasteiger partial charge in [0.15, 0.2) is 0 Å². The number of carbonyl (C=O) groups is 1. The molecule has 2 amide bonds. The van der Waals surface area contributed by atoms with E-state index in [2.05, 4.69) is 15.4 Å². The van der Waals surface area contributed by atoms with Gasteiger partial charge in [0.2, 0.25) is 0 Å². The first-order valence-corrected chi connectivity index (χ1v) is 7.73. The van der Waals surface area contributed by atoms with Crippen molar-refractivity contribution in [1.29, 1.82) is 0 Å². The number of fused-ring (bicyclic) bond motifs is 1. The Morgan fingerprint density at radius 1 is 1.30 bits per heavy atom. The zero-order valence-electron chi connectivity index (χ0n) is 12.7. The molecule has 3 fully saturated rings. The molecule has 3 saturated carbocycles. The highest BCUT2D eigenvalue weighted by Gasteiger charge is 2.44. The molecule has 23 heavy (non-hydrogen) atoms. The maximum Gasteiger partial charge on any atom is 0.573 e. The maximum atomic E-state index is 12.3. The van der Waals surface area contributed by atoms with Crippen LogP contribution in [0.1, 0.15) is 37.8 Å². The van der Waals surface area contributed by atoms with Crippen LogP contribution < -0.4 is 15.4 Å². The summed E-state index contributed by atoms with van der Waals surface area (Å²) in [4.78, 5) is 12.0. The lowest BCUT2D eigenvalue weighted by Crippen LogP contribution is -2.43. The minimum absolute atomic E-state index is 0.229. The molecule has 4 nitrogen and oxygen atoms in total. The number of amides is 2. The van der Waals surface area contributed by atoms with Gasteiger partial charge in [0, 0.05) is 6.04 Å². The molecular formula is C16H19F3N2O2. The quantitative estimate of drug-likeness (QED) is 0.884. The average Bonchev–Trinajstić information content (AvgIpc) is 2.95. The van der Waals surface area contributed by atoms with Crippen molar-refractivity contribution < 1.29 is 22.7 Å². The van der Waals surface area contributed by atoms with E-state index in [-0.39, 0.29) is 17.8 Å². The molecule has 3 aliphatic rings. The van der Waals surface area contributed by atoms with Crippen molar-refractivity contribution in [2.75, 3.05) is 0 Å². The van der Waals surface area contributed by atoms with Crippen LogP contribution in [0.5, 0.6) is 5.75 Å². The van der Waals surface area contributed by atoms with Gasteiger partial charge < -0.3 is 15.4 Å². The Hall–Kier alpha value is -1.92. The van der Waals surface area contributed by atoms with Crippen LogP contribution in [0.15, 0.2) is 24.3 Å². The molecule has 4 rings (SSSR count). The first-order valence-electron chi connectivity index (χ1n) is 7.73. The highest BCUT2D eigenvalue weighted by atomic mass is 19.4. The van der Waals surface area contributed by atoms with Gasteiger partial charge in [-0.25, -0.2) is 4.79 Å². The standard InChI is InChI=1S/C16H19F3N2O2/c1-9(11-3-2-4-13(8-11)23-16(17,18)19)20-15(22)21-14-7-10-5-12(14)6-10/h2-4,8-10,12,14H,5-7H2,1H3,(H2,20,21,22)/t9?,10?,12?,14-/m1/s1. The van der Waals surface area contributed by atoms with E-state index in [1.807, 2.05) is 0 Å². The van der Waals surface area contributed by atoms with Gasteiger partial charge in [-0.15, -0.1) is 13.2 Å². The van der Waals surface area contributed by atoms with E-state index in [0.717, 1.165) is 12.3 Å². The first kappa shape index (κ1) is 16.0. The number of nitrogens with one attached hydrogen (secondary N) is 2. The van der Waals surface area contributed by atoms with E-state index >= 15 is 0 Å². The minimum atomic E-state index is -4.73. The van der Waals surface area contributed by atoms with Crippen molar-refractivity contribution in [2.24, 2.45) is 11.8 Å². The van der Waals surface area contributed by atoms with Crippen LogP contribution in [0.4, 0.5) is 18.0 Å². The molecule has 0 saturated heterocycles. The van der Waals surface area contributed by atoms with Crippen LogP contribution in [0.25, 0.3) is 0 Å². The number of ether oxygens (including phenoxy) is 1. The number of urea groups is 1.